The second-order valence-electron chi connectivity index (χ2n) is 5.75. The van der Waals surface area contributed by atoms with E-state index in [1.165, 1.54) is 25.7 Å². The van der Waals surface area contributed by atoms with Crippen LogP contribution in [0.5, 0.6) is 0 Å². The van der Waals surface area contributed by atoms with E-state index in [-0.39, 0.29) is 6.03 Å². The first-order valence-corrected chi connectivity index (χ1v) is 8.71. The van der Waals surface area contributed by atoms with Gasteiger partial charge in [0.15, 0.2) is 5.65 Å². The van der Waals surface area contributed by atoms with Gasteiger partial charge in [-0.25, -0.2) is 14.8 Å². The number of nitrogens with zero attached hydrogens (tertiary/aromatic N) is 2. The molecule has 2 aromatic heterocycles. The van der Waals surface area contributed by atoms with Crippen molar-refractivity contribution in [3.63, 3.8) is 0 Å². The van der Waals surface area contributed by atoms with Gasteiger partial charge in [0.2, 0.25) is 0 Å². The maximum absolute atomic E-state index is 11.5. The monoisotopic (exact) mass is 326 g/mol. The van der Waals surface area contributed by atoms with Crippen LogP contribution < -0.4 is 10.6 Å². The molecular formula is C19H26N4O. The van der Waals surface area contributed by atoms with Gasteiger partial charge in [-0.1, -0.05) is 38.3 Å². The number of rotatable bonds is 8. The van der Waals surface area contributed by atoms with Crippen LogP contribution in [0.2, 0.25) is 0 Å². The van der Waals surface area contributed by atoms with Crippen LogP contribution in [0, 0.1) is 0 Å². The first-order valence-electron chi connectivity index (χ1n) is 8.71. The molecule has 0 spiro atoms. The molecule has 0 saturated heterocycles. The van der Waals surface area contributed by atoms with Gasteiger partial charge in [0, 0.05) is 18.1 Å². The van der Waals surface area contributed by atoms with E-state index >= 15 is 0 Å². The molecule has 2 rings (SSSR count). The van der Waals surface area contributed by atoms with Gasteiger partial charge in [0.1, 0.15) is 5.82 Å². The molecule has 0 aliphatic rings. The molecule has 0 aliphatic carbocycles. The van der Waals surface area contributed by atoms with Gasteiger partial charge >= 0.3 is 6.03 Å². The Morgan fingerprint density at radius 2 is 2.08 bits per heavy atom. The number of hydrogen-bond acceptors (Lipinski definition) is 3. The lowest BCUT2D eigenvalue weighted by Crippen LogP contribution is -2.28. The van der Waals surface area contributed by atoms with Crippen LogP contribution in [-0.4, -0.2) is 22.5 Å². The Bertz CT molecular complexity index is 697. The molecule has 2 aromatic rings. The number of fused-ring (bicyclic) bond motifs is 1. The van der Waals surface area contributed by atoms with Crippen LogP contribution in [0.1, 0.15) is 51.5 Å². The van der Waals surface area contributed by atoms with Crippen molar-refractivity contribution in [2.75, 3.05) is 11.9 Å². The Morgan fingerprint density at radius 1 is 1.21 bits per heavy atom. The molecule has 0 radical (unpaired) electrons. The summed E-state index contributed by atoms with van der Waals surface area (Å²) < 4.78 is 0. The van der Waals surface area contributed by atoms with E-state index in [0.29, 0.717) is 18.0 Å². The smallest absolute Gasteiger partial charge is 0.320 e. The van der Waals surface area contributed by atoms with E-state index in [0.717, 1.165) is 17.4 Å². The average molecular weight is 326 g/mol. The van der Waals surface area contributed by atoms with Crippen LogP contribution in [0.25, 0.3) is 17.1 Å². The summed E-state index contributed by atoms with van der Waals surface area (Å²) in [6.07, 6.45) is 12.3. The lowest BCUT2D eigenvalue weighted by Gasteiger charge is -2.06. The molecule has 5 heteroatoms. The SMILES string of the molecule is CCCCCC/C=C/c1cnc2nc(NC(=O)NCC)ccc2c1. The molecule has 24 heavy (non-hydrogen) atoms. The van der Waals surface area contributed by atoms with E-state index in [9.17, 15) is 4.79 Å². The minimum absolute atomic E-state index is 0.257. The number of urea groups is 1. The topological polar surface area (TPSA) is 66.9 Å². The van der Waals surface area contributed by atoms with Crippen molar-refractivity contribution in [2.24, 2.45) is 0 Å². The molecule has 5 nitrogen and oxygen atoms in total. The fraction of sp³-hybridized carbons (Fsp3) is 0.421. The quantitative estimate of drug-likeness (QED) is 0.688. The molecule has 128 valence electrons. The number of carbonyl (C=O) groups is 1. The molecular weight excluding hydrogens is 300 g/mol. The largest absolute Gasteiger partial charge is 0.338 e. The highest BCUT2D eigenvalue weighted by atomic mass is 16.2. The number of carbonyl (C=O) groups excluding carboxylic acids is 1. The third kappa shape index (κ3) is 5.65. The third-order valence-electron chi connectivity index (χ3n) is 3.68. The summed E-state index contributed by atoms with van der Waals surface area (Å²) in [6, 6.07) is 5.52. The molecule has 2 heterocycles. The van der Waals surface area contributed by atoms with Gasteiger partial charge in [0.05, 0.1) is 0 Å². The first kappa shape index (κ1) is 17.9. The van der Waals surface area contributed by atoms with Crippen LogP contribution in [0.4, 0.5) is 10.6 Å². The zero-order valence-electron chi connectivity index (χ0n) is 14.5. The average Bonchev–Trinajstić information content (AvgIpc) is 2.58. The van der Waals surface area contributed by atoms with Crippen molar-refractivity contribution < 1.29 is 4.79 Å². The van der Waals surface area contributed by atoms with E-state index < -0.39 is 0 Å². The van der Waals surface area contributed by atoms with E-state index in [1.807, 2.05) is 19.2 Å². The third-order valence-corrected chi connectivity index (χ3v) is 3.68. The molecule has 0 unspecified atom stereocenters. The fourth-order valence-corrected chi connectivity index (χ4v) is 2.42. The summed E-state index contributed by atoms with van der Waals surface area (Å²) in [4.78, 5) is 20.3. The Morgan fingerprint density at radius 3 is 2.88 bits per heavy atom. The number of aromatic nitrogens is 2. The number of pyridine rings is 2. The molecule has 2 amide bonds. The lowest BCUT2D eigenvalue weighted by atomic mass is 10.1. The van der Waals surface area contributed by atoms with E-state index in [4.69, 9.17) is 0 Å². The van der Waals surface area contributed by atoms with Crippen LogP contribution in [-0.2, 0) is 0 Å². The number of allylic oxidation sites excluding steroid dienone is 1. The fourth-order valence-electron chi connectivity index (χ4n) is 2.42. The molecule has 0 bridgehead atoms. The first-order chi connectivity index (χ1) is 11.7. The Kier molecular flexibility index (Phi) is 7.21. The molecule has 0 saturated carbocycles. The minimum Gasteiger partial charge on any atom is -0.338 e. The second-order valence-corrected chi connectivity index (χ2v) is 5.75. The zero-order chi connectivity index (χ0) is 17.2. The van der Waals surface area contributed by atoms with Crippen molar-refractivity contribution >= 4 is 29.0 Å². The van der Waals surface area contributed by atoms with Crippen LogP contribution >= 0.6 is 0 Å². The van der Waals surface area contributed by atoms with Crippen LogP contribution in [0.15, 0.2) is 30.5 Å². The number of anilines is 1. The van der Waals surface area contributed by atoms with Gasteiger partial charge < -0.3 is 5.32 Å². The predicted molar refractivity (Wildman–Crippen MR) is 100 cm³/mol. The summed E-state index contributed by atoms with van der Waals surface area (Å²) >= 11 is 0. The van der Waals surface area contributed by atoms with Gasteiger partial charge in [-0.15, -0.1) is 0 Å². The molecule has 0 atom stereocenters. The molecule has 0 aliphatic heterocycles. The summed E-state index contributed by atoms with van der Waals surface area (Å²) in [6.45, 7) is 4.67. The van der Waals surface area contributed by atoms with Gasteiger partial charge in [-0.05, 0) is 43.5 Å². The van der Waals surface area contributed by atoms with Gasteiger partial charge in [0.25, 0.3) is 0 Å². The van der Waals surface area contributed by atoms with Crippen molar-refractivity contribution in [1.29, 1.82) is 0 Å². The van der Waals surface area contributed by atoms with Crippen molar-refractivity contribution in [2.45, 2.75) is 46.0 Å². The van der Waals surface area contributed by atoms with E-state index in [1.54, 1.807) is 6.07 Å². The summed E-state index contributed by atoms with van der Waals surface area (Å²) in [7, 11) is 0. The standard InChI is InChI=1S/C19H26N4O/c1-3-5-6-7-8-9-10-15-13-16-11-12-17(22-18(16)21-14-15)23-19(24)20-4-2/h9-14H,3-8H2,1-2H3,(H2,20,21,22,23,24)/b10-9+. The highest BCUT2D eigenvalue weighted by Crippen LogP contribution is 2.16. The Hall–Kier alpha value is -2.43. The van der Waals surface area contributed by atoms with Gasteiger partial charge in [-0.3, -0.25) is 5.32 Å². The number of nitrogens with one attached hydrogen (secondary N) is 2. The number of unbranched alkanes of at least 4 members (excludes halogenated alkanes) is 4. The molecule has 2 N–H and O–H groups in total. The predicted octanol–water partition coefficient (Wildman–Crippen LogP) is 4.75. The number of amides is 2. The van der Waals surface area contributed by atoms with Crippen molar-refractivity contribution in [3.05, 3.63) is 36.0 Å². The van der Waals surface area contributed by atoms with Gasteiger partial charge in [-0.2, -0.15) is 0 Å². The summed E-state index contributed by atoms with van der Waals surface area (Å²) in [5, 5.41) is 6.33. The number of hydrogen-bond donors (Lipinski definition) is 2. The molecule has 0 fully saturated rings. The lowest BCUT2D eigenvalue weighted by molar-refractivity contribution is 0.252. The highest BCUT2D eigenvalue weighted by Gasteiger charge is 2.03. The second kappa shape index (κ2) is 9.65. The normalized spacial score (nSPS) is 11.1. The minimum atomic E-state index is -0.257. The maximum Gasteiger partial charge on any atom is 0.320 e. The highest BCUT2D eigenvalue weighted by molar-refractivity contribution is 5.89. The van der Waals surface area contributed by atoms with E-state index in [2.05, 4.69) is 45.7 Å². The van der Waals surface area contributed by atoms with Crippen molar-refractivity contribution in [1.82, 2.24) is 15.3 Å². The maximum atomic E-state index is 11.5. The summed E-state index contributed by atoms with van der Waals surface area (Å²) in [5.74, 6) is 0.500. The molecule has 0 aromatic carbocycles. The van der Waals surface area contributed by atoms with Crippen LogP contribution in [0.3, 0.4) is 0 Å². The Labute approximate surface area is 143 Å². The zero-order valence-corrected chi connectivity index (χ0v) is 14.5. The van der Waals surface area contributed by atoms with Crippen molar-refractivity contribution in [3.8, 4) is 0 Å². The summed E-state index contributed by atoms with van der Waals surface area (Å²) in [5.41, 5.74) is 1.70. The Balaban J connectivity index is 1.98.